The van der Waals surface area contributed by atoms with E-state index in [1.807, 2.05) is 111 Å². The Hall–Kier alpha value is -9.77. The summed E-state index contributed by atoms with van der Waals surface area (Å²) in [5, 5.41) is 69.0. The molecule has 68 heavy (non-hydrogen) atoms. The maximum Gasteiger partial charge on any atom is 0.203 e. The van der Waals surface area contributed by atoms with Gasteiger partial charge in [0.25, 0.3) is 0 Å². The molecule has 0 fully saturated rings. The van der Waals surface area contributed by atoms with Crippen LogP contribution in [0.15, 0.2) is 165 Å². The lowest BCUT2D eigenvalue weighted by molar-refractivity contribution is 0.415. The van der Waals surface area contributed by atoms with Crippen molar-refractivity contribution < 1.29 is 4.74 Å². The van der Waals surface area contributed by atoms with Crippen LogP contribution in [0.25, 0.3) is 56.7 Å². The molecule has 5 aromatic heterocycles. The SMILES string of the molecule is CCc1ccc(-c2nncnn2)cc1.COc1ccc(-c2cncnn2)cc1.Cc1ccc(-c2nncnn2)cc1.Cc1ccc(-c2nncnn2)cc1.N#Cc1ccc(-c2cncnn2)cc1. The number of nitriles is 1. The van der Waals surface area contributed by atoms with Gasteiger partial charge in [0.1, 0.15) is 29.8 Å². The molecule has 20 nitrogen and oxygen atoms in total. The number of ether oxygens (including phenoxy) is 1. The van der Waals surface area contributed by atoms with E-state index in [1.165, 1.54) is 48.3 Å². The summed E-state index contributed by atoms with van der Waals surface area (Å²) in [5.41, 5.74) is 10.5. The lowest BCUT2D eigenvalue weighted by Crippen LogP contribution is -1.93. The summed E-state index contributed by atoms with van der Waals surface area (Å²) in [6.45, 7) is 6.19. The highest BCUT2D eigenvalue weighted by atomic mass is 16.5. The Balaban J connectivity index is 0.000000140. The zero-order valence-electron chi connectivity index (χ0n) is 37.2. The fourth-order valence-electron chi connectivity index (χ4n) is 5.49. The van der Waals surface area contributed by atoms with Crippen molar-refractivity contribution >= 4 is 0 Å². The number of rotatable bonds is 7. The number of aromatic nitrogens is 18. The third-order valence-electron chi connectivity index (χ3n) is 9.12. The van der Waals surface area contributed by atoms with Crippen molar-refractivity contribution in [2.45, 2.75) is 27.2 Å². The van der Waals surface area contributed by atoms with Gasteiger partial charge >= 0.3 is 0 Å². The number of aryl methyl sites for hydroxylation is 3. The zero-order chi connectivity index (χ0) is 47.6. The Bertz CT molecular complexity index is 2830. The Labute approximate surface area is 390 Å². The van der Waals surface area contributed by atoms with Crippen LogP contribution in [0.3, 0.4) is 0 Å². The van der Waals surface area contributed by atoms with Gasteiger partial charge in [0, 0.05) is 27.8 Å². The van der Waals surface area contributed by atoms with Crippen molar-refractivity contribution in [2.24, 2.45) is 0 Å². The van der Waals surface area contributed by atoms with Gasteiger partial charge in [-0.2, -0.15) is 5.26 Å². The molecule has 5 aromatic carbocycles. The van der Waals surface area contributed by atoms with Crippen LogP contribution in [0.1, 0.15) is 29.2 Å². The number of hydrogen-bond acceptors (Lipinski definition) is 20. The van der Waals surface area contributed by atoms with Crippen LogP contribution in [-0.4, -0.2) is 98.7 Å². The molecule has 10 rings (SSSR count). The zero-order valence-corrected chi connectivity index (χ0v) is 37.2. The summed E-state index contributed by atoms with van der Waals surface area (Å²) in [6.07, 6.45) is 11.1. The van der Waals surface area contributed by atoms with Crippen LogP contribution >= 0.6 is 0 Å². The van der Waals surface area contributed by atoms with E-state index in [0.29, 0.717) is 28.7 Å². The highest BCUT2D eigenvalue weighted by molar-refractivity contribution is 5.60. The summed E-state index contributed by atoms with van der Waals surface area (Å²) in [4.78, 5) is 7.76. The maximum absolute atomic E-state index is 8.61. The van der Waals surface area contributed by atoms with Crippen molar-refractivity contribution in [3.05, 3.63) is 188 Å². The molecule has 0 radical (unpaired) electrons. The molecule has 0 N–H and O–H groups in total. The van der Waals surface area contributed by atoms with E-state index in [9.17, 15) is 0 Å². The predicted octanol–water partition coefficient (Wildman–Crippen LogP) is 6.94. The van der Waals surface area contributed by atoms with Gasteiger partial charge in [0.05, 0.1) is 31.1 Å². The Morgan fingerprint density at radius 2 is 0.750 bits per heavy atom. The van der Waals surface area contributed by atoms with Crippen LogP contribution in [0.2, 0.25) is 0 Å². The van der Waals surface area contributed by atoms with Crippen LogP contribution in [-0.2, 0) is 6.42 Å². The Morgan fingerprint density at radius 1 is 0.412 bits per heavy atom. The first-order valence-electron chi connectivity index (χ1n) is 20.6. The Kier molecular flexibility index (Phi) is 18.3. The van der Waals surface area contributed by atoms with Crippen molar-refractivity contribution in [1.29, 1.82) is 5.26 Å². The smallest absolute Gasteiger partial charge is 0.203 e. The average Bonchev–Trinajstić information content (AvgIpc) is 3.43. The van der Waals surface area contributed by atoms with Crippen LogP contribution in [0.4, 0.5) is 0 Å². The molecule has 0 atom stereocenters. The van der Waals surface area contributed by atoms with Gasteiger partial charge in [-0.1, -0.05) is 103 Å². The van der Waals surface area contributed by atoms with Gasteiger partial charge in [-0.3, -0.25) is 0 Å². The largest absolute Gasteiger partial charge is 0.497 e. The van der Waals surface area contributed by atoms with Gasteiger partial charge in [-0.05, 0) is 62.2 Å². The quantitative estimate of drug-likeness (QED) is 0.157. The van der Waals surface area contributed by atoms with Crippen molar-refractivity contribution in [1.82, 2.24) is 91.5 Å². The molecule has 0 bridgehead atoms. The summed E-state index contributed by atoms with van der Waals surface area (Å²) in [5.74, 6) is 2.51. The van der Waals surface area contributed by atoms with E-state index in [1.54, 1.807) is 31.6 Å². The summed E-state index contributed by atoms with van der Waals surface area (Å²) >= 11 is 0. The van der Waals surface area contributed by atoms with E-state index in [-0.39, 0.29) is 0 Å². The third-order valence-corrected chi connectivity index (χ3v) is 9.12. The second kappa shape index (κ2) is 26.1. The van der Waals surface area contributed by atoms with Gasteiger partial charge in [0.15, 0.2) is 19.0 Å². The van der Waals surface area contributed by atoms with Gasteiger partial charge in [-0.15, -0.1) is 81.6 Å². The normalized spacial score (nSPS) is 9.81. The minimum Gasteiger partial charge on any atom is -0.497 e. The molecule has 0 spiro atoms. The first kappa shape index (κ1) is 47.7. The first-order chi connectivity index (χ1) is 33.4. The molecule has 0 saturated carbocycles. The minimum atomic E-state index is 0.558. The Morgan fingerprint density at radius 3 is 1.07 bits per heavy atom. The van der Waals surface area contributed by atoms with E-state index in [0.717, 1.165) is 45.7 Å². The van der Waals surface area contributed by atoms with Gasteiger partial charge < -0.3 is 4.74 Å². The molecule has 0 aliphatic heterocycles. The van der Waals surface area contributed by atoms with Crippen molar-refractivity contribution in [3.8, 4) is 68.5 Å². The number of methoxy groups -OCH3 is 1. The molecule has 5 heterocycles. The fraction of sp³-hybridized carbons (Fsp3) is 0.104. The lowest BCUT2D eigenvalue weighted by Gasteiger charge is -2.01. The van der Waals surface area contributed by atoms with Gasteiger partial charge in [0.2, 0.25) is 17.5 Å². The van der Waals surface area contributed by atoms with Gasteiger partial charge in [-0.25, -0.2) is 9.97 Å². The molecule has 0 saturated heterocycles. The first-order valence-corrected chi connectivity index (χ1v) is 20.6. The standard InChI is InChI=1S/C10H6N4.C10H10N4.C10H9N3O.2C9H8N4/c11-5-8-1-3-9(4-2-8)10-6-12-7-13-14-10;1-2-8-3-5-9(6-4-8)10-13-11-7-12-14-10;1-14-9-4-2-8(3-5-9)10-6-11-7-12-13-10;2*1-7-2-4-8(5-3-7)9-12-10-6-11-13-9/h1-4,6-7H;3-7H,2H2,1H3;2-7H,1H3;2*2-6H,1H3. The molecular weight excluding hydrogens is 859 g/mol. The van der Waals surface area contributed by atoms with E-state index in [2.05, 4.69) is 117 Å². The topological polar surface area (TPSA) is 265 Å². The predicted molar refractivity (Wildman–Crippen MR) is 250 cm³/mol. The molecular formula is C48H41N19O. The summed E-state index contributed by atoms with van der Waals surface area (Å²) < 4.78 is 5.05. The third kappa shape index (κ3) is 15.2. The monoisotopic (exact) mass is 899 g/mol. The van der Waals surface area contributed by atoms with Crippen LogP contribution < -0.4 is 4.74 Å². The van der Waals surface area contributed by atoms with E-state index < -0.39 is 0 Å². The maximum atomic E-state index is 8.61. The van der Waals surface area contributed by atoms with E-state index in [4.69, 9.17) is 10.00 Å². The average molecular weight is 900 g/mol. The second-order valence-electron chi connectivity index (χ2n) is 13.8. The molecule has 334 valence electrons. The molecule has 0 amide bonds. The number of nitrogens with zero attached hydrogens (tertiary/aromatic N) is 19. The lowest BCUT2D eigenvalue weighted by atomic mass is 10.1. The molecule has 20 heteroatoms. The molecule has 10 aromatic rings. The second-order valence-corrected chi connectivity index (χ2v) is 13.8. The van der Waals surface area contributed by atoms with Crippen molar-refractivity contribution in [2.75, 3.05) is 7.11 Å². The molecule has 0 unspecified atom stereocenters. The number of benzene rings is 5. The molecule has 0 aliphatic rings. The van der Waals surface area contributed by atoms with Crippen molar-refractivity contribution in [3.63, 3.8) is 0 Å². The summed E-state index contributed by atoms with van der Waals surface area (Å²) in [7, 11) is 1.64. The highest BCUT2D eigenvalue weighted by Gasteiger charge is 2.03. The molecule has 0 aliphatic carbocycles. The fourth-order valence-corrected chi connectivity index (χ4v) is 5.49. The van der Waals surface area contributed by atoms with E-state index >= 15 is 0 Å². The van der Waals surface area contributed by atoms with Crippen LogP contribution in [0.5, 0.6) is 5.75 Å². The number of hydrogen-bond donors (Lipinski definition) is 0. The summed E-state index contributed by atoms with van der Waals surface area (Å²) in [6, 6.07) is 40.7. The highest BCUT2D eigenvalue weighted by Crippen LogP contribution is 2.19. The van der Waals surface area contributed by atoms with Crippen LogP contribution in [0, 0.1) is 25.2 Å². The minimum absolute atomic E-state index is 0.558.